The molecule has 0 spiro atoms. The Kier molecular flexibility index (Phi) is 5.60. The maximum atomic E-state index is 14.5. The van der Waals surface area contributed by atoms with Crippen molar-refractivity contribution in [2.75, 3.05) is 17.7 Å². The molecule has 4 N–H and O–H groups in total. The van der Waals surface area contributed by atoms with Gasteiger partial charge in [0.25, 0.3) is 0 Å². The molecular formula is C23H23F2N7O2. The molecule has 0 aliphatic heterocycles. The Morgan fingerprint density at radius 1 is 1.24 bits per heavy atom. The molecule has 2 bridgehead atoms. The molecule has 1 amide bonds. The number of carbonyl (C=O) groups is 1. The number of anilines is 3. The van der Waals surface area contributed by atoms with E-state index in [0.717, 1.165) is 12.6 Å². The van der Waals surface area contributed by atoms with Crippen molar-refractivity contribution in [1.82, 2.24) is 19.7 Å². The van der Waals surface area contributed by atoms with Gasteiger partial charge in [-0.1, -0.05) is 18.2 Å². The van der Waals surface area contributed by atoms with Crippen molar-refractivity contribution in [3.63, 3.8) is 0 Å². The number of carbonyl (C=O) groups excluding carboxylic acids is 1. The SMILES string of the molecule is COc1ccc(Cn2cc(Nc3ncc(F)c(N[C@H]4[C@@H](C(N)=O)[C@H]5C=C[C@H]4C5)n3)cn2)cc1F. The molecule has 0 unspecified atom stereocenters. The summed E-state index contributed by atoms with van der Waals surface area (Å²) in [6.45, 7) is 0.339. The quantitative estimate of drug-likeness (QED) is 0.436. The lowest BCUT2D eigenvalue weighted by Crippen LogP contribution is -2.41. The highest BCUT2D eigenvalue weighted by atomic mass is 19.1. The minimum absolute atomic E-state index is 0.00389. The molecule has 3 aromatic rings. The fourth-order valence-corrected chi connectivity index (χ4v) is 4.73. The van der Waals surface area contributed by atoms with Crippen molar-refractivity contribution in [1.29, 1.82) is 0 Å². The Balaban J connectivity index is 1.28. The summed E-state index contributed by atoms with van der Waals surface area (Å²) in [5.74, 6) is -1.42. The van der Waals surface area contributed by atoms with Gasteiger partial charge in [0.15, 0.2) is 23.2 Å². The molecule has 1 fully saturated rings. The van der Waals surface area contributed by atoms with Crippen molar-refractivity contribution in [3.8, 4) is 5.75 Å². The number of nitrogens with zero attached hydrogens (tertiary/aromatic N) is 4. The molecule has 2 aromatic heterocycles. The molecule has 5 rings (SSSR count). The number of benzene rings is 1. The third kappa shape index (κ3) is 4.16. The molecule has 0 saturated heterocycles. The zero-order chi connectivity index (χ0) is 23.8. The molecule has 2 aliphatic carbocycles. The van der Waals surface area contributed by atoms with Crippen LogP contribution in [0.3, 0.4) is 0 Å². The summed E-state index contributed by atoms with van der Waals surface area (Å²) in [5.41, 5.74) is 6.87. The lowest BCUT2D eigenvalue weighted by molar-refractivity contribution is -0.122. The fourth-order valence-electron chi connectivity index (χ4n) is 4.73. The minimum atomic E-state index is -0.627. The van der Waals surface area contributed by atoms with Crippen LogP contribution >= 0.6 is 0 Å². The first-order valence-electron chi connectivity index (χ1n) is 10.8. The average molecular weight is 467 g/mol. The van der Waals surface area contributed by atoms with Gasteiger partial charge < -0.3 is 21.1 Å². The molecule has 11 heteroatoms. The van der Waals surface area contributed by atoms with E-state index in [2.05, 4.69) is 25.7 Å². The highest BCUT2D eigenvalue weighted by molar-refractivity contribution is 5.79. The number of allylic oxidation sites excluding steroid dienone is 1. The molecule has 1 aromatic carbocycles. The molecule has 0 radical (unpaired) electrons. The summed E-state index contributed by atoms with van der Waals surface area (Å²) >= 11 is 0. The van der Waals surface area contributed by atoms with Crippen molar-refractivity contribution >= 4 is 23.4 Å². The van der Waals surface area contributed by atoms with Gasteiger partial charge in [0.05, 0.1) is 37.7 Å². The number of amides is 1. The van der Waals surface area contributed by atoms with Gasteiger partial charge in [0.1, 0.15) is 0 Å². The smallest absolute Gasteiger partial charge is 0.229 e. The van der Waals surface area contributed by atoms with E-state index in [1.54, 1.807) is 29.2 Å². The molecule has 9 nitrogen and oxygen atoms in total. The number of rotatable bonds is 8. The Bertz CT molecular complexity index is 1260. The van der Waals surface area contributed by atoms with Gasteiger partial charge in [-0.05, 0) is 36.0 Å². The second-order valence-corrected chi connectivity index (χ2v) is 8.46. The normalized spacial score (nSPS) is 22.7. The highest BCUT2D eigenvalue weighted by Gasteiger charge is 2.47. The average Bonchev–Trinajstić information content (AvgIpc) is 3.53. The van der Waals surface area contributed by atoms with Gasteiger partial charge in [-0.3, -0.25) is 9.48 Å². The van der Waals surface area contributed by atoms with Crippen LogP contribution in [0.4, 0.5) is 26.2 Å². The molecule has 2 aliphatic rings. The largest absolute Gasteiger partial charge is 0.494 e. The number of aromatic nitrogens is 4. The van der Waals surface area contributed by atoms with Crippen LogP contribution in [0.5, 0.6) is 5.75 Å². The number of fused-ring (bicyclic) bond motifs is 2. The number of methoxy groups -OCH3 is 1. The van der Waals surface area contributed by atoms with Gasteiger partial charge in [-0.25, -0.2) is 13.8 Å². The van der Waals surface area contributed by atoms with Gasteiger partial charge in [-0.15, -0.1) is 0 Å². The molecular weight excluding hydrogens is 444 g/mol. The predicted molar refractivity (Wildman–Crippen MR) is 120 cm³/mol. The monoisotopic (exact) mass is 467 g/mol. The van der Waals surface area contributed by atoms with Crippen LogP contribution in [0.1, 0.15) is 12.0 Å². The van der Waals surface area contributed by atoms with Crippen molar-refractivity contribution in [2.24, 2.45) is 23.5 Å². The number of halogens is 2. The number of hydrogen-bond donors (Lipinski definition) is 3. The molecule has 1 saturated carbocycles. The van der Waals surface area contributed by atoms with Crippen LogP contribution in [0, 0.1) is 29.4 Å². The Hall–Kier alpha value is -4.02. The standard InChI is InChI=1S/C23H23F2N7O2/c1-34-18-5-2-12(6-16(18)24)10-32-11-15(8-28-32)29-23-27-9-17(25)22(31-23)30-20-14-4-3-13(7-14)19(20)21(26)33/h2-6,8-9,11,13-14,19-20H,7,10H2,1H3,(H2,26,33)(H2,27,29,30,31)/t13-,14-,19-,20+/m0/s1. The summed E-state index contributed by atoms with van der Waals surface area (Å²) in [5, 5.41) is 10.3. The first kappa shape index (κ1) is 21.8. The fraction of sp³-hybridized carbons (Fsp3) is 0.304. The van der Waals surface area contributed by atoms with E-state index in [1.807, 2.05) is 12.2 Å². The van der Waals surface area contributed by atoms with Gasteiger partial charge >= 0.3 is 0 Å². The summed E-state index contributed by atoms with van der Waals surface area (Å²) in [7, 11) is 1.41. The van der Waals surface area contributed by atoms with E-state index in [4.69, 9.17) is 10.5 Å². The van der Waals surface area contributed by atoms with Gasteiger partial charge in [0.2, 0.25) is 11.9 Å². The van der Waals surface area contributed by atoms with E-state index >= 15 is 0 Å². The second kappa shape index (κ2) is 8.73. The number of ether oxygens (including phenoxy) is 1. The molecule has 4 atom stereocenters. The van der Waals surface area contributed by atoms with E-state index in [1.165, 1.54) is 13.2 Å². The minimum Gasteiger partial charge on any atom is -0.494 e. The predicted octanol–water partition coefficient (Wildman–Crippen LogP) is 2.84. The zero-order valence-electron chi connectivity index (χ0n) is 18.3. The second-order valence-electron chi connectivity index (χ2n) is 8.46. The Labute approximate surface area is 194 Å². The first-order chi connectivity index (χ1) is 16.4. The van der Waals surface area contributed by atoms with E-state index in [-0.39, 0.29) is 35.4 Å². The van der Waals surface area contributed by atoms with Crippen molar-refractivity contribution < 1.29 is 18.3 Å². The summed E-state index contributed by atoms with van der Waals surface area (Å²) < 4.78 is 34.9. The van der Waals surface area contributed by atoms with Crippen molar-refractivity contribution in [2.45, 2.75) is 19.0 Å². The number of primary amides is 1. The summed E-state index contributed by atoms with van der Waals surface area (Å²) in [4.78, 5) is 20.2. The third-order valence-electron chi connectivity index (χ3n) is 6.29. The van der Waals surface area contributed by atoms with Crippen LogP contribution in [0.2, 0.25) is 0 Å². The lowest BCUT2D eigenvalue weighted by atomic mass is 9.88. The number of nitrogens with two attached hydrogens (primary N) is 1. The van der Waals surface area contributed by atoms with E-state index in [9.17, 15) is 13.6 Å². The van der Waals surface area contributed by atoms with Gasteiger partial charge in [-0.2, -0.15) is 10.1 Å². The molecule has 2 heterocycles. The summed E-state index contributed by atoms with van der Waals surface area (Å²) in [6, 6.07) is 4.38. The maximum Gasteiger partial charge on any atom is 0.229 e. The number of hydrogen-bond acceptors (Lipinski definition) is 7. The van der Waals surface area contributed by atoms with Crippen LogP contribution in [-0.4, -0.2) is 38.8 Å². The highest BCUT2D eigenvalue weighted by Crippen LogP contribution is 2.44. The lowest BCUT2D eigenvalue weighted by Gasteiger charge is -2.27. The topological polar surface area (TPSA) is 120 Å². The first-order valence-corrected chi connectivity index (χ1v) is 10.8. The van der Waals surface area contributed by atoms with Crippen molar-refractivity contribution in [3.05, 3.63) is 66.1 Å². The maximum absolute atomic E-state index is 14.5. The molecule has 34 heavy (non-hydrogen) atoms. The zero-order valence-corrected chi connectivity index (χ0v) is 18.3. The van der Waals surface area contributed by atoms with Crippen LogP contribution in [-0.2, 0) is 11.3 Å². The van der Waals surface area contributed by atoms with E-state index in [0.29, 0.717) is 17.8 Å². The summed E-state index contributed by atoms with van der Waals surface area (Å²) in [6.07, 6.45) is 9.16. The third-order valence-corrected chi connectivity index (χ3v) is 6.29. The molecule has 176 valence electrons. The van der Waals surface area contributed by atoms with Gasteiger partial charge in [0, 0.05) is 12.2 Å². The Morgan fingerprint density at radius 3 is 2.82 bits per heavy atom. The van der Waals surface area contributed by atoms with Crippen LogP contribution < -0.4 is 21.1 Å². The van der Waals surface area contributed by atoms with E-state index < -0.39 is 23.5 Å². The number of nitrogens with one attached hydrogen (secondary N) is 2. The van der Waals surface area contributed by atoms with Crippen LogP contribution in [0.25, 0.3) is 0 Å². The van der Waals surface area contributed by atoms with Crippen LogP contribution in [0.15, 0.2) is 48.9 Å². The Morgan fingerprint density at radius 2 is 2.06 bits per heavy atom.